The van der Waals surface area contributed by atoms with Gasteiger partial charge in [0.2, 0.25) is 0 Å². The molecule has 26 heavy (non-hydrogen) atoms. The van der Waals surface area contributed by atoms with Crippen molar-refractivity contribution in [3.63, 3.8) is 0 Å². The van der Waals surface area contributed by atoms with E-state index in [0.29, 0.717) is 28.5 Å². The van der Waals surface area contributed by atoms with Gasteiger partial charge < -0.3 is 10.2 Å². The number of amides is 1. The summed E-state index contributed by atoms with van der Waals surface area (Å²) in [4.78, 5) is 14.1. The van der Waals surface area contributed by atoms with Crippen LogP contribution in [0.1, 0.15) is 23.2 Å². The SMILES string of the molecule is CN1CCC/C1=N\S(=O)(=O)c1ccc(NC(=O)c2ccc(Cl)cc2)cc1. The number of carbonyl (C=O) groups excluding carboxylic acids is 1. The molecule has 2 aromatic rings. The number of anilines is 1. The van der Waals surface area contributed by atoms with Crippen LogP contribution < -0.4 is 5.32 Å². The van der Waals surface area contributed by atoms with Crippen molar-refractivity contribution >= 4 is 39.1 Å². The van der Waals surface area contributed by atoms with Crippen molar-refractivity contribution in [2.24, 2.45) is 4.40 Å². The Morgan fingerprint density at radius 2 is 1.77 bits per heavy atom. The third kappa shape index (κ3) is 4.23. The largest absolute Gasteiger partial charge is 0.362 e. The van der Waals surface area contributed by atoms with E-state index in [0.717, 1.165) is 13.0 Å². The fraction of sp³-hybridized carbons (Fsp3) is 0.222. The van der Waals surface area contributed by atoms with Gasteiger partial charge in [-0.1, -0.05) is 11.6 Å². The number of nitrogens with one attached hydrogen (secondary N) is 1. The van der Waals surface area contributed by atoms with Crippen molar-refractivity contribution in [2.75, 3.05) is 18.9 Å². The molecular weight excluding hydrogens is 374 g/mol. The first kappa shape index (κ1) is 18.4. The van der Waals surface area contributed by atoms with Gasteiger partial charge in [0.1, 0.15) is 5.84 Å². The summed E-state index contributed by atoms with van der Waals surface area (Å²) in [7, 11) is -1.93. The Bertz CT molecular complexity index is 939. The molecule has 1 saturated heterocycles. The fourth-order valence-corrected chi connectivity index (χ4v) is 3.84. The van der Waals surface area contributed by atoms with Crippen LogP contribution in [0.25, 0.3) is 0 Å². The Morgan fingerprint density at radius 1 is 1.12 bits per heavy atom. The van der Waals surface area contributed by atoms with Crippen LogP contribution >= 0.6 is 11.6 Å². The topological polar surface area (TPSA) is 78.8 Å². The molecule has 1 amide bonds. The molecular formula is C18H18ClN3O3S. The molecule has 6 nitrogen and oxygen atoms in total. The number of carbonyl (C=O) groups is 1. The number of benzene rings is 2. The van der Waals surface area contributed by atoms with Gasteiger partial charge in [0.15, 0.2) is 0 Å². The van der Waals surface area contributed by atoms with Crippen LogP contribution in [0.3, 0.4) is 0 Å². The normalized spacial score (nSPS) is 16.1. The molecule has 1 heterocycles. The number of rotatable bonds is 4. The maximum Gasteiger partial charge on any atom is 0.283 e. The summed E-state index contributed by atoms with van der Waals surface area (Å²) in [6, 6.07) is 12.4. The summed E-state index contributed by atoms with van der Waals surface area (Å²) in [5.41, 5.74) is 0.955. The van der Waals surface area contributed by atoms with E-state index in [4.69, 9.17) is 11.6 Å². The zero-order chi connectivity index (χ0) is 18.7. The lowest BCUT2D eigenvalue weighted by Crippen LogP contribution is -2.20. The Kier molecular flexibility index (Phi) is 5.29. The smallest absolute Gasteiger partial charge is 0.283 e. The van der Waals surface area contributed by atoms with Crippen molar-refractivity contribution in [2.45, 2.75) is 17.7 Å². The number of halogens is 1. The van der Waals surface area contributed by atoms with E-state index < -0.39 is 10.0 Å². The summed E-state index contributed by atoms with van der Waals surface area (Å²) in [6.07, 6.45) is 1.56. The molecule has 0 atom stereocenters. The first-order chi connectivity index (χ1) is 12.3. The van der Waals surface area contributed by atoms with E-state index >= 15 is 0 Å². The second-order valence-electron chi connectivity index (χ2n) is 5.99. The predicted octanol–water partition coefficient (Wildman–Crippen LogP) is 3.41. The molecule has 0 spiro atoms. The molecule has 0 saturated carbocycles. The van der Waals surface area contributed by atoms with Crippen LogP contribution in [0.2, 0.25) is 5.02 Å². The first-order valence-electron chi connectivity index (χ1n) is 8.07. The summed E-state index contributed by atoms with van der Waals surface area (Å²) >= 11 is 5.80. The average molecular weight is 392 g/mol. The lowest BCUT2D eigenvalue weighted by Gasteiger charge is -2.11. The first-order valence-corrected chi connectivity index (χ1v) is 9.89. The summed E-state index contributed by atoms with van der Waals surface area (Å²) in [5, 5.41) is 3.26. The highest BCUT2D eigenvalue weighted by molar-refractivity contribution is 7.90. The number of likely N-dealkylation sites (tertiary alicyclic amines) is 1. The van der Waals surface area contributed by atoms with Crippen molar-refractivity contribution in [3.8, 4) is 0 Å². The lowest BCUT2D eigenvalue weighted by molar-refractivity contribution is 0.102. The molecule has 1 aliphatic rings. The third-order valence-corrected chi connectivity index (χ3v) is 5.65. The van der Waals surface area contributed by atoms with Gasteiger partial charge in [-0.3, -0.25) is 4.79 Å². The third-order valence-electron chi connectivity index (χ3n) is 4.08. The van der Waals surface area contributed by atoms with E-state index in [1.807, 2.05) is 11.9 Å². The maximum atomic E-state index is 12.4. The van der Waals surface area contributed by atoms with Crippen LogP contribution in [0.15, 0.2) is 57.8 Å². The van der Waals surface area contributed by atoms with Crippen LogP contribution in [-0.4, -0.2) is 38.7 Å². The predicted molar refractivity (Wildman–Crippen MR) is 102 cm³/mol. The molecule has 0 aliphatic carbocycles. The van der Waals surface area contributed by atoms with Gasteiger partial charge in [-0.25, -0.2) is 0 Å². The monoisotopic (exact) mass is 391 g/mol. The molecule has 1 fully saturated rings. The number of nitrogens with zero attached hydrogens (tertiary/aromatic N) is 2. The van der Waals surface area contributed by atoms with E-state index in [-0.39, 0.29) is 10.8 Å². The zero-order valence-electron chi connectivity index (χ0n) is 14.1. The van der Waals surface area contributed by atoms with E-state index in [1.54, 1.807) is 36.4 Å². The number of sulfonamides is 1. The highest BCUT2D eigenvalue weighted by atomic mass is 35.5. The van der Waals surface area contributed by atoms with E-state index in [9.17, 15) is 13.2 Å². The second kappa shape index (κ2) is 7.47. The van der Waals surface area contributed by atoms with Crippen LogP contribution in [-0.2, 0) is 10.0 Å². The molecule has 0 unspecified atom stereocenters. The molecule has 0 aromatic heterocycles. The molecule has 0 radical (unpaired) electrons. The summed E-state index contributed by atoms with van der Waals surface area (Å²) in [6.45, 7) is 0.810. The fourth-order valence-electron chi connectivity index (χ4n) is 2.62. The van der Waals surface area contributed by atoms with E-state index in [1.165, 1.54) is 12.1 Å². The summed E-state index contributed by atoms with van der Waals surface area (Å²) < 4.78 is 28.7. The van der Waals surface area contributed by atoms with Crippen LogP contribution in [0.4, 0.5) is 5.69 Å². The van der Waals surface area contributed by atoms with Crippen molar-refractivity contribution < 1.29 is 13.2 Å². The van der Waals surface area contributed by atoms with Gasteiger partial charge in [-0.05, 0) is 55.0 Å². The van der Waals surface area contributed by atoms with Crippen LogP contribution in [0, 0.1) is 0 Å². The van der Waals surface area contributed by atoms with Crippen LogP contribution in [0.5, 0.6) is 0 Å². The lowest BCUT2D eigenvalue weighted by atomic mass is 10.2. The van der Waals surface area contributed by atoms with Crippen molar-refractivity contribution in [3.05, 3.63) is 59.1 Å². The summed E-state index contributed by atoms with van der Waals surface area (Å²) in [5.74, 6) is 0.273. The minimum atomic E-state index is -3.76. The van der Waals surface area contributed by atoms with Gasteiger partial charge in [-0.15, -0.1) is 4.40 Å². The van der Waals surface area contributed by atoms with Crippen molar-refractivity contribution in [1.82, 2.24) is 4.90 Å². The number of hydrogen-bond donors (Lipinski definition) is 1. The minimum Gasteiger partial charge on any atom is -0.362 e. The quantitative estimate of drug-likeness (QED) is 0.866. The molecule has 0 bridgehead atoms. The Balaban J connectivity index is 1.74. The van der Waals surface area contributed by atoms with Gasteiger partial charge >= 0.3 is 0 Å². The van der Waals surface area contributed by atoms with Gasteiger partial charge in [0.05, 0.1) is 4.90 Å². The molecule has 1 N–H and O–H groups in total. The molecule has 136 valence electrons. The second-order valence-corrected chi connectivity index (χ2v) is 8.03. The standard InChI is InChI=1S/C18H18ClN3O3S/c1-22-12-2-3-17(22)21-26(24,25)16-10-8-15(9-11-16)20-18(23)13-4-6-14(19)7-5-13/h4-11H,2-3,12H2,1H3,(H,20,23)/b21-17+. The molecule has 2 aromatic carbocycles. The van der Waals surface area contributed by atoms with Gasteiger partial charge in [0.25, 0.3) is 15.9 Å². The number of hydrogen-bond acceptors (Lipinski definition) is 3. The Labute approximate surface area is 157 Å². The Hall–Kier alpha value is -2.38. The van der Waals surface area contributed by atoms with Crippen molar-refractivity contribution in [1.29, 1.82) is 0 Å². The Morgan fingerprint density at radius 3 is 2.35 bits per heavy atom. The number of amidine groups is 1. The molecule has 3 rings (SSSR count). The molecule has 1 aliphatic heterocycles. The zero-order valence-corrected chi connectivity index (χ0v) is 15.7. The average Bonchev–Trinajstić information content (AvgIpc) is 3.00. The highest BCUT2D eigenvalue weighted by Crippen LogP contribution is 2.19. The van der Waals surface area contributed by atoms with E-state index in [2.05, 4.69) is 9.71 Å². The van der Waals surface area contributed by atoms with Gasteiger partial charge in [-0.2, -0.15) is 8.42 Å². The maximum absolute atomic E-state index is 12.4. The molecule has 8 heteroatoms. The highest BCUT2D eigenvalue weighted by Gasteiger charge is 2.20. The van der Waals surface area contributed by atoms with Gasteiger partial charge in [0, 0.05) is 36.3 Å². The minimum absolute atomic E-state index is 0.0924.